The Morgan fingerprint density at radius 2 is 2.16 bits per heavy atom. The van der Waals surface area contributed by atoms with Crippen molar-refractivity contribution in [2.24, 2.45) is 0 Å². The van der Waals surface area contributed by atoms with Gasteiger partial charge in [0, 0.05) is 17.6 Å². The number of carboxylic acid groups (broad SMARTS) is 1. The molecule has 0 spiro atoms. The Bertz CT molecular complexity index is 564. The molecule has 0 bridgehead atoms. The van der Waals surface area contributed by atoms with E-state index in [2.05, 4.69) is 10.3 Å². The highest BCUT2D eigenvalue weighted by atomic mass is 32.1. The second kappa shape index (κ2) is 6.10. The Morgan fingerprint density at radius 1 is 1.32 bits per heavy atom. The standard InChI is InChI=1S/C13H12N2O3S/c16-12(14-6-5-10-2-1-7-19-10)9-3-4-11(13(17)18)15-8-9/h1-4,7-8H,5-6H2,(H,14,16)(H,17,18). The van der Waals surface area contributed by atoms with Gasteiger partial charge in [-0.2, -0.15) is 0 Å². The molecule has 2 aromatic rings. The zero-order chi connectivity index (χ0) is 13.7. The van der Waals surface area contributed by atoms with Crippen LogP contribution in [-0.4, -0.2) is 28.5 Å². The third-order valence-corrected chi connectivity index (χ3v) is 3.42. The molecule has 0 unspecified atom stereocenters. The molecule has 0 atom stereocenters. The van der Waals surface area contributed by atoms with Gasteiger partial charge >= 0.3 is 5.97 Å². The van der Waals surface area contributed by atoms with Gasteiger partial charge in [0.05, 0.1) is 5.56 Å². The van der Waals surface area contributed by atoms with Gasteiger partial charge in [-0.3, -0.25) is 4.79 Å². The van der Waals surface area contributed by atoms with E-state index in [1.165, 1.54) is 23.2 Å². The highest BCUT2D eigenvalue weighted by Crippen LogP contribution is 2.08. The van der Waals surface area contributed by atoms with E-state index in [4.69, 9.17) is 5.11 Å². The van der Waals surface area contributed by atoms with E-state index < -0.39 is 5.97 Å². The Balaban J connectivity index is 1.87. The molecule has 0 aromatic carbocycles. The molecule has 2 aromatic heterocycles. The summed E-state index contributed by atoms with van der Waals surface area (Å²) in [6.45, 7) is 0.542. The number of nitrogens with one attached hydrogen (secondary N) is 1. The molecule has 0 aliphatic carbocycles. The largest absolute Gasteiger partial charge is 0.477 e. The highest BCUT2D eigenvalue weighted by Gasteiger charge is 2.08. The van der Waals surface area contributed by atoms with Gasteiger partial charge in [-0.25, -0.2) is 9.78 Å². The van der Waals surface area contributed by atoms with Crippen molar-refractivity contribution in [2.75, 3.05) is 6.54 Å². The third-order valence-electron chi connectivity index (χ3n) is 2.48. The monoisotopic (exact) mass is 276 g/mol. The number of pyridine rings is 1. The lowest BCUT2D eigenvalue weighted by molar-refractivity contribution is 0.0689. The number of rotatable bonds is 5. The first kappa shape index (κ1) is 13.2. The van der Waals surface area contributed by atoms with Gasteiger partial charge in [0.2, 0.25) is 0 Å². The minimum atomic E-state index is -1.11. The summed E-state index contributed by atoms with van der Waals surface area (Å²) in [7, 11) is 0. The molecule has 0 saturated carbocycles. The van der Waals surface area contributed by atoms with E-state index in [-0.39, 0.29) is 11.6 Å². The van der Waals surface area contributed by atoms with Crippen molar-refractivity contribution < 1.29 is 14.7 Å². The van der Waals surface area contributed by atoms with Crippen LogP contribution in [-0.2, 0) is 6.42 Å². The van der Waals surface area contributed by atoms with Crippen molar-refractivity contribution in [3.05, 3.63) is 52.0 Å². The second-order valence-electron chi connectivity index (χ2n) is 3.82. The summed E-state index contributed by atoms with van der Waals surface area (Å²) in [5, 5.41) is 13.5. The van der Waals surface area contributed by atoms with Crippen molar-refractivity contribution in [3.63, 3.8) is 0 Å². The Morgan fingerprint density at radius 3 is 2.74 bits per heavy atom. The lowest BCUT2D eigenvalue weighted by Crippen LogP contribution is -2.25. The molecule has 0 saturated heterocycles. The number of thiophene rings is 1. The van der Waals surface area contributed by atoms with Crippen molar-refractivity contribution in [2.45, 2.75) is 6.42 Å². The summed E-state index contributed by atoms with van der Waals surface area (Å²) in [5.41, 5.74) is 0.284. The van der Waals surface area contributed by atoms with E-state index in [0.29, 0.717) is 12.1 Å². The molecule has 6 heteroatoms. The average Bonchev–Trinajstić information content (AvgIpc) is 2.92. The van der Waals surface area contributed by atoms with Crippen LogP contribution < -0.4 is 5.32 Å². The van der Waals surface area contributed by atoms with Crippen LogP contribution in [0.3, 0.4) is 0 Å². The van der Waals surface area contributed by atoms with Gasteiger partial charge < -0.3 is 10.4 Å². The van der Waals surface area contributed by atoms with E-state index in [1.54, 1.807) is 11.3 Å². The van der Waals surface area contributed by atoms with Crippen LogP contribution in [0, 0.1) is 0 Å². The molecule has 0 fully saturated rings. The highest BCUT2D eigenvalue weighted by molar-refractivity contribution is 7.09. The van der Waals surface area contributed by atoms with Crippen LogP contribution in [0.4, 0.5) is 0 Å². The minimum absolute atomic E-state index is 0.0739. The minimum Gasteiger partial charge on any atom is -0.477 e. The average molecular weight is 276 g/mol. The van der Waals surface area contributed by atoms with Crippen molar-refractivity contribution >= 4 is 23.2 Å². The number of aromatic nitrogens is 1. The van der Waals surface area contributed by atoms with Gasteiger partial charge in [-0.05, 0) is 30.0 Å². The summed E-state index contributed by atoms with van der Waals surface area (Å²) >= 11 is 1.65. The lowest BCUT2D eigenvalue weighted by atomic mass is 10.2. The Hall–Kier alpha value is -2.21. The summed E-state index contributed by atoms with van der Waals surface area (Å²) in [6, 6.07) is 6.75. The number of hydrogen-bond donors (Lipinski definition) is 2. The molecule has 5 nitrogen and oxygen atoms in total. The van der Waals surface area contributed by atoms with E-state index in [9.17, 15) is 9.59 Å². The number of amides is 1. The summed E-state index contributed by atoms with van der Waals surface area (Å²) in [5.74, 6) is -1.36. The first-order valence-corrected chi connectivity index (χ1v) is 6.54. The lowest BCUT2D eigenvalue weighted by Gasteiger charge is -2.04. The molecule has 0 radical (unpaired) electrons. The number of nitrogens with zero attached hydrogens (tertiary/aromatic N) is 1. The number of carboxylic acids is 1. The van der Waals surface area contributed by atoms with Crippen molar-refractivity contribution in [1.82, 2.24) is 10.3 Å². The summed E-state index contributed by atoms with van der Waals surface area (Å²) in [4.78, 5) is 27.3. The van der Waals surface area contributed by atoms with Crippen molar-refractivity contribution in [1.29, 1.82) is 0 Å². The number of hydrogen-bond acceptors (Lipinski definition) is 4. The second-order valence-corrected chi connectivity index (χ2v) is 4.85. The molecule has 2 N–H and O–H groups in total. The van der Waals surface area contributed by atoms with Crippen LogP contribution in [0.15, 0.2) is 35.8 Å². The van der Waals surface area contributed by atoms with Crippen LogP contribution in [0.1, 0.15) is 25.7 Å². The van der Waals surface area contributed by atoms with Gasteiger partial charge in [-0.15, -0.1) is 11.3 Å². The Labute approximate surface area is 113 Å². The summed E-state index contributed by atoms with van der Waals surface area (Å²) < 4.78 is 0. The molecular weight excluding hydrogens is 264 g/mol. The third kappa shape index (κ3) is 3.62. The zero-order valence-electron chi connectivity index (χ0n) is 10.00. The van der Waals surface area contributed by atoms with Gasteiger partial charge in [0.1, 0.15) is 5.69 Å². The maximum absolute atomic E-state index is 11.8. The van der Waals surface area contributed by atoms with Crippen LogP contribution in [0.5, 0.6) is 0 Å². The number of carbonyl (C=O) groups is 2. The molecule has 0 aliphatic heterocycles. The number of aromatic carboxylic acids is 1. The molecular formula is C13H12N2O3S. The fraction of sp³-hybridized carbons (Fsp3) is 0.154. The molecule has 19 heavy (non-hydrogen) atoms. The van der Waals surface area contributed by atoms with Gasteiger partial charge in [-0.1, -0.05) is 6.07 Å². The Kier molecular flexibility index (Phi) is 4.25. The SMILES string of the molecule is O=C(NCCc1cccs1)c1ccc(C(=O)O)nc1. The molecule has 2 rings (SSSR count). The van der Waals surface area contributed by atoms with Crippen molar-refractivity contribution in [3.8, 4) is 0 Å². The van der Waals surface area contributed by atoms with Gasteiger partial charge in [0.25, 0.3) is 5.91 Å². The fourth-order valence-corrected chi connectivity index (χ4v) is 2.22. The molecule has 0 aliphatic rings. The number of carbonyl (C=O) groups excluding carboxylic acids is 1. The molecule has 98 valence electrons. The van der Waals surface area contributed by atoms with E-state index in [0.717, 1.165) is 6.42 Å². The first-order valence-electron chi connectivity index (χ1n) is 5.67. The van der Waals surface area contributed by atoms with E-state index in [1.807, 2.05) is 17.5 Å². The molecule has 2 heterocycles. The van der Waals surface area contributed by atoms with Crippen LogP contribution >= 0.6 is 11.3 Å². The quantitative estimate of drug-likeness (QED) is 0.873. The van der Waals surface area contributed by atoms with E-state index >= 15 is 0 Å². The fourth-order valence-electron chi connectivity index (χ4n) is 1.51. The smallest absolute Gasteiger partial charge is 0.354 e. The normalized spacial score (nSPS) is 10.1. The van der Waals surface area contributed by atoms with Crippen LogP contribution in [0.2, 0.25) is 0 Å². The molecule has 1 amide bonds. The maximum atomic E-state index is 11.8. The topological polar surface area (TPSA) is 79.3 Å². The summed E-state index contributed by atoms with van der Waals surface area (Å²) in [6.07, 6.45) is 2.05. The predicted molar refractivity (Wildman–Crippen MR) is 71.6 cm³/mol. The predicted octanol–water partition coefficient (Wildman–Crippen LogP) is 1.81. The maximum Gasteiger partial charge on any atom is 0.354 e. The first-order chi connectivity index (χ1) is 9.16. The zero-order valence-corrected chi connectivity index (χ0v) is 10.8. The van der Waals surface area contributed by atoms with Crippen LogP contribution in [0.25, 0.3) is 0 Å². The van der Waals surface area contributed by atoms with Gasteiger partial charge in [0.15, 0.2) is 0 Å².